The largest absolute Gasteiger partial charge is 0.399 e. The van der Waals surface area contributed by atoms with E-state index in [1.165, 1.54) is 0 Å². The van der Waals surface area contributed by atoms with Crippen molar-refractivity contribution in [2.24, 2.45) is 0 Å². The maximum Gasteiger partial charge on any atom is 0.253 e. The number of hydrogen-bond acceptors (Lipinski definition) is 3. The highest BCUT2D eigenvalue weighted by atomic mass is 16.1. The second kappa shape index (κ2) is 4.29. The van der Waals surface area contributed by atoms with Crippen molar-refractivity contribution in [2.75, 3.05) is 12.8 Å². The summed E-state index contributed by atoms with van der Waals surface area (Å²) >= 11 is 0. The number of carbonyl (C=O) groups is 1. The summed E-state index contributed by atoms with van der Waals surface area (Å²) in [7, 11) is 1.59. The minimum absolute atomic E-state index is 0.159. The predicted molar refractivity (Wildman–Crippen MR) is 66.1 cm³/mol. The third-order valence-electron chi connectivity index (χ3n) is 2.45. The van der Waals surface area contributed by atoms with E-state index in [0.717, 1.165) is 5.56 Å². The van der Waals surface area contributed by atoms with Crippen LogP contribution in [0.2, 0.25) is 0 Å². The average Bonchev–Trinajstić information content (AvgIpc) is 2.75. The molecule has 0 spiro atoms. The zero-order valence-electron chi connectivity index (χ0n) is 9.77. The normalized spacial score (nSPS) is 10.2. The average molecular weight is 230 g/mol. The minimum atomic E-state index is -0.159. The van der Waals surface area contributed by atoms with E-state index in [1.807, 2.05) is 13.1 Å². The number of nitrogens with zero attached hydrogens (tertiary/aromatic N) is 2. The fourth-order valence-corrected chi connectivity index (χ4v) is 1.61. The quantitative estimate of drug-likeness (QED) is 0.759. The fraction of sp³-hybridized carbons (Fsp3) is 0.167. The molecule has 0 unspecified atom stereocenters. The molecule has 1 aromatic carbocycles. The van der Waals surface area contributed by atoms with Crippen molar-refractivity contribution in [3.8, 4) is 5.69 Å². The molecule has 1 heterocycles. The zero-order valence-corrected chi connectivity index (χ0v) is 9.77. The molecule has 88 valence electrons. The van der Waals surface area contributed by atoms with Crippen molar-refractivity contribution in [3.05, 3.63) is 41.7 Å². The van der Waals surface area contributed by atoms with Crippen molar-refractivity contribution < 1.29 is 4.79 Å². The number of nitrogens with two attached hydrogens (primary N) is 1. The highest BCUT2D eigenvalue weighted by Gasteiger charge is 2.12. The van der Waals surface area contributed by atoms with Crippen LogP contribution in [-0.4, -0.2) is 22.7 Å². The van der Waals surface area contributed by atoms with Gasteiger partial charge < -0.3 is 11.1 Å². The van der Waals surface area contributed by atoms with Crippen LogP contribution in [0, 0.1) is 6.92 Å². The highest BCUT2D eigenvalue weighted by molar-refractivity contribution is 5.98. The Bertz CT molecular complexity index is 559. The van der Waals surface area contributed by atoms with Crippen molar-refractivity contribution in [1.29, 1.82) is 0 Å². The van der Waals surface area contributed by atoms with Crippen LogP contribution in [0.25, 0.3) is 5.69 Å². The van der Waals surface area contributed by atoms with Gasteiger partial charge in [0.25, 0.3) is 5.91 Å². The van der Waals surface area contributed by atoms with Gasteiger partial charge in [-0.15, -0.1) is 0 Å². The maximum atomic E-state index is 11.7. The molecule has 0 saturated carbocycles. The minimum Gasteiger partial charge on any atom is -0.399 e. The van der Waals surface area contributed by atoms with Gasteiger partial charge in [-0.1, -0.05) is 0 Å². The first-order valence-electron chi connectivity index (χ1n) is 5.25. The Kier molecular flexibility index (Phi) is 2.82. The summed E-state index contributed by atoms with van der Waals surface area (Å²) in [5.74, 6) is -0.159. The first kappa shape index (κ1) is 11.2. The van der Waals surface area contributed by atoms with Gasteiger partial charge >= 0.3 is 0 Å². The van der Waals surface area contributed by atoms with E-state index in [2.05, 4.69) is 10.4 Å². The molecule has 0 saturated heterocycles. The molecule has 3 N–H and O–H groups in total. The van der Waals surface area contributed by atoms with Crippen LogP contribution in [0.3, 0.4) is 0 Å². The third-order valence-corrected chi connectivity index (χ3v) is 2.45. The number of nitrogens with one attached hydrogen (secondary N) is 1. The van der Waals surface area contributed by atoms with Crippen molar-refractivity contribution >= 4 is 11.6 Å². The highest BCUT2D eigenvalue weighted by Crippen LogP contribution is 2.18. The van der Waals surface area contributed by atoms with Gasteiger partial charge in [0.15, 0.2) is 0 Å². The molecular formula is C12H14N4O. The molecule has 1 aromatic heterocycles. The third kappa shape index (κ3) is 2.13. The van der Waals surface area contributed by atoms with E-state index in [9.17, 15) is 4.79 Å². The molecule has 0 atom stereocenters. The first-order valence-corrected chi connectivity index (χ1v) is 5.25. The number of anilines is 1. The number of aryl methyl sites for hydroxylation is 1. The van der Waals surface area contributed by atoms with Crippen molar-refractivity contribution in [3.63, 3.8) is 0 Å². The van der Waals surface area contributed by atoms with Gasteiger partial charge in [-0.2, -0.15) is 5.10 Å². The molecule has 5 heteroatoms. The molecule has 2 rings (SSSR count). The maximum absolute atomic E-state index is 11.7. The Hall–Kier alpha value is -2.30. The molecule has 0 bridgehead atoms. The zero-order chi connectivity index (χ0) is 12.4. The van der Waals surface area contributed by atoms with E-state index < -0.39 is 0 Å². The van der Waals surface area contributed by atoms with Crippen LogP contribution >= 0.6 is 0 Å². The number of amides is 1. The fourth-order valence-electron chi connectivity index (χ4n) is 1.61. The van der Waals surface area contributed by atoms with Crippen LogP contribution in [-0.2, 0) is 0 Å². The summed E-state index contributed by atoms with van der Waals surface area (Å²) in [4.78, 5) is 11.7. The Morgan fingerprint density at radius 2 is 2.24 bits per heavy atom. The molecule has 0 aliphatic carbocycles. The van der Waals surface area contributed by atoms with E-state index in [1.54, 1.807) is 36.1 Å². The monoisotopic (exact) mass is 230 g/mol. The van der Waals surface area contributed by atoms with Crippen LogP contribution < -0.4 is 11.1 Å². The molecule has 17 heavy (non-hydrogen) atoms. The van der Waals surface area contributed by atoms with Crippen LogP contribution in [0.4, 0.5) is 5.69 Å². The smallest absolute Gasteiger partial charge is 0.253 e. The molecule has 0 aliphatic heterocycles. The number of aromatic nitrogens is 2. The van der Waals surface area contributed by atoms with Gasteiger partial charge in [0.05, 0.1) is 17.4 Å². The molecule has 0 radical (unpaired) electrons. The Morgan fingerprint density at radius 3 is 2.82 bits per heavy atom. The molecule has 1 amide bonds. The number of rotatable bonds is 2. The van der Waals surface area contributed by atoms with E-state index >= 15 is 0 Å². The summed E-state index contributed by atoms with van der Waals surface area (Å²) < 4.78 is 1.65. The summed E-state index contributed by atoms with van der Waals surface area (Å²) in [5.41, 5.74) is 8.59. The van der Waals surface area contributed by atoms with Gasteiger partial charge in [0.2, 0.25) is 0 Å². The summed E-state index contributed by atoms with van der Waals surface area (Å²) in [5, 5.41) is 6.78. The van der Waals surface area contributed by atoms with Gasteiger partial charge in [0, 0.05) is 18.9 Å². The number of nitrogen functional groups attached to an aromatic ring is 1. The summed E-state index contributed by atoms with van der Waals surface area (Å²) in [6.45, 7) is 1.94. The van der Waals surface area contributed by atoms with Crippen LogP contribution in [0.5, 0.6) is 0 Å². The lowest BCUT2D eigenvalue weighted by atomic mass is 10.1. The second-order valence-corrected chi connectivity index (χ2v) is 3.82. The van der Waals surface area contributed by atoms with E-state index in [-0.39, 0.29) is 5.91 Å². The lowest BCUT2D eigenvalue weighted by Gasteiger charge is -2.09. The van der Waals surface area contributed by atoms with Crippen LogP contribution in [0.1, 0.15) is 15.9 Å². The number of carbonyl (C=O) groups excluding carboxylic acids is 1. The second-order valence-electron chi connectivity index (χ2n) is 3.82. The molecule has 0 fully saturated rings. The lowest BCUT2D eigenvalue weighted by molar-refractivity contribution is 0.0963. The van der Waals surface area contributed by atoms with Crippen molar-refractivity contribution in [1.82, 2.24) is 15.1 Å². The lowest BCUT2D eigenvalue weighted by Crippen LogP contribution is -2.20. The van der Waals surface area contributed by atoms with Gasteiger partial charge in [-0.3, -0.25) is 4.79 Å². The van der Waals surface area contributed by atoms with Crippen molar-refractivity contribution in [2.45, 2.75) is 6.92 Å². The first-order chi connectivity index (χ1) is 8.11. The predicted octanol–water partition coefficient (Wildman–Crippen LogP) is 1.12. The Labute approximate surface area is 99.2 Å². The number of benzene rings is 1. The van der Waals surface area contributed by atoms with E-state index in [0.29, 0.717) is 16.9 Å². The molecule has 2 aromatic rings. The molecule has 5 nitrogen and oxygen atoms in total. The summed E-state index contributed by atoms with van der Waals surface area (Å²) in [6, 6.07) is 5.13. The Balaban J connectivity index is 2.58. The van der Waals surface area contributed by atoms with Crippen LogP contribution in [0.15, 0.2) is 30.6 Å². The van der Waals surface area contributed by atoms with Gasteiger partial charge in [-0.05, 0) is 30.7 Å². The SMILES string of the molecule is CNC(=O)c1ccc(N)cc1-n1cc(C)cn1. The van der Waals surface area contributed by atoms with Gasteiger partial charge in [0.1, 0.15) is 0 Å². The Morgan fingerprint density at radius 1 is 1.47 bits per heavy atom. The molecule has 0 aliphatic rings. The summed E-state index contributed by atoms with van der Waals surface area (Å²) in [6.07, 6.45) is 3.58. The molecular weight excluding hydrogens is 216 g/mol. The van der Waals surface area contributed by atoms with Gasteiger partial charge in [-0.25, -0.2) is 4.68 Å². The topological polar surface area (TPSA) is 72.9 Å². The standard InChI is InChI=1S/C12H14N4O/c1-8-6-15-16(7-8)11-5-9(13)3-4-10(11)12(17)14-2/h3-7H,13H2,1-2H3,(H,14,17). The van der Waals surface area contributed by atoms with E-state index in [4.69, 9.17) is 5.73 Å². The number of hydrogen-bond donors (Lipinski definition) is 2.